The Labute approximate surface area is 174 Å². The number of ether oxygens (including phenoxy) is 1. The van der Waals surface area contributed by atoms with E-state index in [1.807, 2.05) is 31.2 Å². The highest BCUT2D eigenvalue weighted by molar-refractivity contribution is 6.46. The smallest absolute Gasteiger partial charge is 0.296 e. The number of methoxy groups -OCH3 is 1. The second kappa shape index (κ2) is 7.91. The number of likely N-dealkylation sites (tertiary alicyclic amines) is 1. The van der Waals surface area contributed by atoms with Crippen LogP contribution in [0.15, 0.2) is 76.9 Å². The zero-order valence-corrected chi connectivity index (χ0v) is 16.7. The molecule has 6 heteroatoms. The Bertz CT molecular complexity index is 1100. The molecular formula is C24H21NO5. The van der Waals surface area contributed by atoms with Gasteiger partial charge in [-0.15, -0.1) is 0 Å². The zero-order valence-electron chi connectivity index (χ0n) is 16.7. The molecule has 3 aromatic rings. The Kier molecular flexibility index (Phi) is 5.14. The van der Waals surface area contributed by atoms with E-state index in [-0.39, 0.29) is 17.9 Å². The third kappa shape index (κ3) is 3.48. The summed E-state index contributed by atoms with van der Waals surface area (Å²) in [5.41, 5.74) is 2.28. The van der Waals surface area contributed by atoms with Crippen LogP contribution in [0, 0.1) is 6.92 Å². The predicted molar refractivity (Wildman–Crippen MR) is 111 cm³/mol. The monoisotopic (exact) mass is 403 g/mol. The molecule has 1 aliphatic rings. The number of carbonyl (C=O) groups is 2. The van der Waals surface area contributed by atoms with Crippen LogP contribution in [0.2, 0.25) is 0 Å². The summed E-state index contributed by atoms with van der Waals surface area (Å²) in [6.07, 6.45) is 1.52. The number of benzene rings is 2. The molecule has 1 N–H and O–H groups in total. The van der Waals surface area contributed by atoms with Crippen molar-refractivity contribution in [1.29, 1.82) is 0 Å². The molecule has 0 saturated carbocycles. The molecule has 0 spiro atoms. The first-order valence-corrected chi connectivity index (χ1v) is 9.51. The van der Waals surface area contributed by atoms with Crippen LogP contribution < -0.4 is 4.74 Å². The molecule has 30 heavy (non-hydrogen) atoms. The molecule has 1 fully saturated rings. The van der Waals surface area contributed by atoms with E-state index in [9.17, 15) is 14.7 Å². The van der Waals surface area contributed by atoms with Crippen molar-refractivity contribution < 1.29 is 23.8 Å². The van der Waals surface area contributed by atoms with Crippen molar-refractivity contribution >= 4 is 17.4 Å². The molecule has 6 nitrogen and oxygen atoms in total. The molecule has 1 saturated heterocycles. The van der Waals surface area contributed by atoms with E-state index in [1.54, 1.807) is 43.5 Å². The average molecular weight is 403 g/mol. The van der Waals surface area contributed by atoms with Crippen molar-refractivity contribution in [2.24, 2.45) is 0 Å². The summed E-state index contributed by atoms with van der Waals surface area (Å²) in [5, 5.41) is 11.0. The normalized spacial score (nSPS) is 18.1. The third-order valence-corrected chi connectivity index (χ3v) is 5.20. The van der Waals surface area contributed by atoms with Crippen LogP contribution >= 0.6 is 0 Å². The van der Waals surface area contributed by atoms with Crippen molar-refractivity contribution in [2.45, 2.75) is 19.5 Å². The topological polar surface area (TPSA) is 80.0 Å². The molecule has 1 aromatic heterocycles. The minimum absolute atomic E-state index is 0.0561. The standard InChI is InChI=1S/C24H21NO5/c1-15-5-7-16(8-6-15)21-20(22(26)17-9-11-18(29-2)12-10-17)23(27)24(28)25(21)14-19-4-3-13-30-19/h3-13,21,26H,14H2,1-2H3/t21-/m0/s1. The number of aliphatic hydroxyl groups excluding tert-OH is 1. The van der Waals surface area contributed by atoms with Gasteiger partial charge in [-0.2, -0.15) is 0 Å². The minimum Gasteiger partial charge on any atom is -0.507 e. The van der Waals surface area contributed by atoms with Crippen LogP contribution in [0.5, 0.6) is 5.75 Å². The van der Waals surface area contributed by atoms with Gasteiger partial charge in [0.1, 0.15) is 17.3 Å². The van der Waals surface area contributed by atoms with Gasteiger partial charge in [-0.1, -0.05) is 29.8 Å². The van der Waals surface area contributed by atoms with Gasteiger partial charge in [-0.25, -0.2) is 0 Å². The first kappa shape index (κ1) is 19.5. The lowest BCUT2D eigenvalue weighted by Gasteiger charge is -2.24. The van der Waals surface area contributed by atoms with Crippen LogP contribution in [0.3, 0.4) is 0 Å². The number of amides is 1. The lowest BCUT2D eigenvalue weighted by molar-refractivity contribution is -0.140. The van der Waals surface area contributed by atoms with Gasteiger partial charge >= 0.3 is 0 Å². The highest BCUT2D eigenvalue weighted by Crippen LogP contribution is 2.40. The Morgan fingerprint density at radius 3 is 2.37 bits per heavy atom. The first-order valence-electron chi connectivity index (χ1n) is 9.51. The fourth-order valence-electron chi connectivity index (χ4n) is 3.61. The van der Waals surface area contributed by atoms with Crippen molar-refractivity contribution in [3.05, 3.63) is 95.0 Å². The van der Waals surface area contributed by atoms with Gasteiger partial charge in [0, 0.05) is 5.56 Å². The van der Waals surface area contributed by atoms with Gasteiger partial charge in [0.05, 0.1) is 31.5 Å². The molecule has 0 bridgehead atoms. The van der Waals surface area contributed by atoms with Crippen molar-refractivity contribution in [3.8, 4) is 5.75 Å². The van der Waals surface area contributed by atoms with Gasteiger partial charge in [0.25, 0.3) is 11.7 Å². The molecule has 152 valence electrons. The van der Waals surface area contributed by atoms with E-state index in [1.165, 1.54) is 11.2 Å². The minimum atomic E-state index is -0.724. The van der Waals surface area contributed by atoms with Crippen molar-refractivity contribution in [3.63, 3.8) is 0 Å². The van der Waals surface area contributed by atoms with E-state index in [2.05, 4.69) is 0 Å². The van der Waals surface area contributed by atoms with Crippen LogP contribution in [-0.4, -0.2) is 28.8 Å². The van der Waals surface area contributed by atoms with Gasteiger partial charge in [0.15, 0.2) is 0 Å². The molecule has 1 amide bonds. The van der Waals surface area contributed by atoms with E-state index >= 15 is 0 Å². The summed E-state index contributed by atoms with van der Waals surface area (Å²) in [6.45, 7) is 2.08. The zero-order chi connectivity index (χ0) is 21.3. The van der Waals surface area contributed by atoms with Crippen molar-refractivity contribution in [2.75, 3.05) is 7.11 Å². The molecule has 2 aromatic carbocycles. The summed E-state index contributed by atoms with van der Waals surface area (Å²) >= 11 is 0. The molecule has 1 aliphatic heterocycles. The molecule has 0 radical (unpaired) electrons. The summed E-state index contributed by atoms with van der Waals surface area (Å²) in [5.74, 6) is -0.436. The van der Waals surface area contributed by atoms with E-state index in [0.717, 1.165) is 11.1 Å². The van der Waals surface area contributed by atoms with Crippen molar-refractivity contribution in [1.82, 2.24) is 4.90 Å². The predicted octanol–water partition coefficient (Wildman–Crippen LogP) is 4.22. The number of aliphatic hydroxyl groups is 1. The number of carbonyl (C=O) groups excluding carboxylic acids is 2. The van der Waals surface area contributed by atoms with Gasteiger partial charge in [-0.05, 0) is 48.9 Å². The number of ketones is 1. The number of rotatable bonds is 5. The van der Waals surface area contributed by atoms with Gasteiger partial charge in [0.2, 0.25) is 0 Å². The number of Topliss-reactive ketones (excluding diaryl/α,β-unsaturated/α-hetero) is 1. The number of hydrogen-bond acceptors (Lipinski definition) is 5. The second-order valence-electron chi connectivity index (χ2n) is 7.15. The fraction of sp³-hybridized carbons (Fsp3) is 0.167. The second-order valence-corrected chi connectivity index (χ2v) is 7.15. The molecule has 4 rings (SSSR count). The van der Waals surface area contributed by atoms with E-state index in [0.29, 0.717) is 17.1 Å². The maximum atomic E-state index is 13.0. The maximum absolute atomic E-state index is 13.0. The largest absolute Gasteiger partial charge is 0.507 e. The van der Waals surface area contributed by atoms with Gasteiger partial charge < -0.3 is 19.2 Å². The fourth-order valence-corrected chi connectivity index (χ4v) is 3.61. The maximum Gasteiger partial charge on any atom is 0.296 e. The number of aryl methyl sites for hydroxylation is 1. The number of hydrogen-bond donors (Lipinski definition) is 1. The first-order chi connectivity index (χ1) is 14.5. The number of nitrogens with zero attached hydrogens (tertiary/aromatic N) is 1. The van der Waals surface area contributed by atoms with E-state index in [4.69, 9.17) is 9.15 Å². The highest BCUT2D eigenvalue weighted by atomic mass is 16.5. The Morgan fingerprint density at radius 1 is 1.07 bits per heavy atom. The summed E-state index contributed by atoms with van der Waals surface area (Å²) in [6, 6.07) is 17.0. The Hall–Kier alpha value is -3.80. The highest BCUT2D eigenvalue weighted by Gasteiger charge is 2.46. The third-order valence-electron chi connectivity index (χ3n) is 5.20. The lowest BCUT2D eigenvalue weighted by atomic mass is 9.94. The van der Waals surface area contributed by atoms with Crippen LogP contribution in [0.25, 0.3) is 5.76 Å². The molecular weight excluding hydrogens is 382 g/mol. The summed E-state index contributed by atoms with van der Waals surface area (Å²) < 4.78 is 10.5. The molecule has 0 unspecified atom stereocenters. The van der Waals surface area contributed by atoms with Crippen LogP contribution in [0.4, 0.5) is 0 Å². The lowest BCUT2D eigenvalue weighted by Crippen LogP contribution is -2.29. The SMILES string of the molecule is COc1ccc(C(O)=C2C(=O)C(=O)N(Cc3ccco3)[C@H]2c2ccc(C)cc2)cc1. The average Bonchev–Trinajstić information content (AvgIpc) is 3.36. The summed E-state index contributed by atoms with van der Waals surface area (Å²) in [4.78, 5) is 27.3. The van der Waals surface area contributed by atoms with E-state index < -0.39 is 17.7 Å². The molecule has 1 atom stereocenters. The Morgan fingerprint density at radius 2 is 1.77 bits per heavy atom. The quantitative estimate of drug-likeness (QED) is 0.392. The van der Waals surface area contributed by atoms with Crippen LogP contribution in [-0.2, 0) is 16.1 Å². The van der Waals surface area contributed by atoms with Crippen LogP contribution in [0.1, 0.15) is 28.5 Å². The number of furan rings is 1. The summed E-state index contributed by atoms with van der Waals surface area (Å²) in [7, 11) is 1.55. The molecule has 0 aliphatic carbocycles. The van der Waals surface area contributed by atoms with Gasteiger partial charge in [-0.3, -0.25) is 9.59 Å². The molecule has 2 heterocycles. The Balaban J connectivity index is 1.84.